The summed E-state index contributed by atoms with van der Waals surface area (Å²) in [4.78, 5) is 0. The summed E-state index contributed by atoms with van der Waals surface area (Å²) in [5.41, 5.74) is 3.92. The number of benzene rings is 1. The van der Waals surface area contributed by atoms with Crippen molar-refractivity contribution in [2.24, 2.45) is 11.3 Å². The molecule has 0 fully saturated rings. The van der Waals surface area contributed by atoms with E-state index in [0.717, 1.165) is 5.56 Å². The highest BCUT2D eigenvalue weighted by Crippen LogP contribution is 2.35. The fraction of sp³-hybridized carbons (Fsp3) is 0.500. The van der Waals surface area contributed by atoms with E-state index in [1.807, 2.05) is 18.2 Å². The minimum atomic E-state index is 0.0214. The van der Waals surface area contributed by atoms with Crippen LogP contribution in [0.4, 0.5) is 0 Å². The van der Waals surface area contributed by atoms with Crippen LogP contribution in [0.1, 0.15) is 32.4 Å². The van der Waals surface area contributed by atoms with Crippen molar-refractivity contribution in [3.63, 3.8) is 0 Å². The van der Waals surface area contributed by atoms with Crippen molar-refractivity contribution < 1.29 is 4.74 Å². The van der Waals surface area contributed by atoms with Gasteiger partial charge in [-0.1, -0.05) is 38.4 Å². The number of rotatable bonds is 3. The SMILES string of the molecule is COc1cc(C(NN)C(C)(C)C)ccc1Cl. The number of hydrogen-bond donors (Lipinski definition) is 2. The van der Waals surface area contributed by atoms with Gasteiger partial charge in [0.1, 0.15) is 5.75 Å². The normalized spacial score (nSPS) is 13.6. The molecule has 0 bridgehead atoms. The summed E-state index contributed by atoms with van der Waals surface area (Å²) in [7, 11) is 1.60. The van der Waals surface area contributed by atoms with Gasteiger partial charge in [-0.15, -0.1) is 0 Å². The standard InChI is InChI=1S/C12H19ClN2O/c1-12(2,3)11(15-14)8-5-6-9(13)10(7-8)16-4/h5-7,11,15H,14H2,1-4H3. The van der Waals surface area contributed by atoms with Gasteiger partial charge in [0.05, 0.1) is 18.2 Å². The van der Waals surface area contributed by atoms with E-state index in [0.29, 0.717) is 10.8 Å². The number of nitrogens with one attached hydrogen (secondary N) is 1. The van der Waals surface area contributed by atoms with Crippen LogP contribution in [0.5, 0.6) is 5.75 Å². The largest absolute Gasteiger partial charge is 0.495 e. The molecule has 0 heterocycles. The highest BCUT2D eigenvalue weighted by Gasteiger charge is 2.25. The monoisotopic (exact) mass is 242 g/mol. The van der Waals surface area contributed by atoms with Crippen LogP contribution in [-0.2, 0) is 0 Å². The Balaban J connectivity index is 3.12. The van der Waals surface area contributed by atoms with Crippen LogP contribution in [0.2, 0.25) is 5.02 Å². The minimum Gasteiger partial charge on any atom is -0.495 e. The van der Waals surface area contributed by atoms with E-state index >= 15 is 0 Å². The number of nitrogens with two attached hydrogens (primary N) is 1. The predicted molar refractivity (Wildman–Crippen MR) is 67.5 cm³/mol. The van der Waals surface area contributed by atoms with Gasteiger partial charge in [0, 0.05) is 0 Å². The molecule has 3 nitrogen and oxygen atoms in total. The summed E-state index contributed by atoms with van der Waals surface area (Å²) in [5, 5.41) is 0.607. The van der Waals surface area contributed by atoms with Gasteiger partial charge in [-0.2, -0.15) is 0 Å². The molecule has 1 atom stereocenters. The lowest BCUT2D eigenvalue weighted by atomic mass is 9.83. The highest BCUT2D eigenvalue weighted by atomic mass is 35.5. The van der Waals surface area contributed by atoms with Gasteiger partial charge >= 0.3 is 0 Å². The van der Waals surface area contributed by atoms with Crippen LogP contribution in [0.15, 0.2) is 18.2 Å². The number of methoxy groups -OCH3 is 1. The molecule has 0 aliphatic carbocycles. The van der Waals surface area contributed by atoms with Crippen molar-refractivity contribution >= 4 is 11.6 Å². The zero-order valence-corrected chi connectivity index (χ0v) is 10.9. The molecule has 1 aromatic rings. The van der Waals surface area contributed by atoms with Crippen LogP contribution in [0.25, 0.3) is 0 Å². The molecule has 0 saturated heterocycles. The Labute approximate surface area is 102 Å². The Morgan fingerprint density at radius 3 is 2.44 bits per heavy atom. The predicted octanol–water partition coefficient (Wildman–Crippen LogP) is 2.90. The molecule has 1 unspecified atom stereocenters. The average Bonchev–Trinajstić information content (AvgIpc) is 2.19. The zero-order valence-electron chi connectivity index (χ0n) is 10.2. The topological polar surface area (TPSA) is 47.3 Å². The molecule has 16 heavy (non-hydrogen) atoms. The van der Waals surface area contributed by atoms with E-state index in [4.69, 9.17) is 22.2 Å². The van der Waals surface area contributed by atoms with Gasteiger partial charge in [-0.25, -0.2) is 0 Å². The van der Waals surface area contributed by atoms with Crippen LogP contribution in [0, 0.1) is 5.41 Å². The summed E-state index contributed by atoms with van der Waals surface area (Å²) in [5.74, 6) is 6.27. The molecule has 1 aromatic carbocycles. The van der Waals surface area contributed by atoms with E-state index < -0.39 is 0 Å². The number of hydrazine groups is 1. The third-order valence-electron chi connectivity index (χ3n) is 2.54. The third-order valence-corrected chi connectivity index (χ3v) is 2.85. The second-order valence-corrected chi connectivity index (χ2v) is 5.27. The number of halogens is 1. The quantitative estimate of drug-likeness (QED) is 0.633. The molecular formula is C12H19ClN2O. The first-order valence-electron chi connectivity index (χ1n) is 5.19. The molecular weight excluding hydrogens is 224 g/mol. The summed E-state index contributed by atoms with van der Waals surface area (Å²) < 4.78 is 5.19. The Morgan fingerprint density at radius 2 is 2.00 bits per heavy atom. The number of hydrogen-bond acceptors (Lipinski definition) is 3. The molecule has 0 aliphatic heterocycles. The molecule has 0 spiro atoms. The molecule has 1 rings (SSSR count). The summed E-state index contributed by atoms with van der Waals surface area (Å²) in [6.45, 7) is 6.37. The first kappa shape index (κ1) is 13.3. The fourth-order valence-corrected chi connectivity index (χ4v) is 1.90. The van der Waals surface area contributed by atoms with Gasteiger partial charge in [0.15, 0.2) is 0 Å². The van der Waals surface area contributed by atoms with E-state index in [1.165, 1.54) is 0 Å². The Hall–Kier alpha value is -0.770. The van der Waals surface area contributed by atoms with Gasteiger partial charge in [-0.05, 0) is 23.1 Å². The Bertz CT molecular complexity index is 361. The Morgan fingerprint density at radius 1 is 1.38 bits per heavy atom. The maximum atomic E-state index is 5.98. The van der Waals surface area contributed by atoms with E-state index in [-0.39, 0.29) is 11.5 Å². The summed E-state index contributed by atoms with van der Waals surface area (Å²) >= 11 is 5.98. The van der Waals surface area contributed by atoms with Crippen molar-refractivity contribution in [3.8, 4) is 5.75 Å². The first-order valence-corrected chi connectivity index (χ1v) is 5.57. The van der Waals surface area contributed by atoms with Gasteiger partial charge in [0.25, 0.3) is 0 Å². The minimum absolute atomic E-state index is 0.0214. The van der Waals surface area contributed by atoms with E-state index in [9.17, 15) is 0 Å². The smallest absolute Gasteiger partial charge is 0.137 e. The number of ether oxygens (including phenoxy) is 1. The summed E-state index contributed by atoms with van der Waals surface area (Å²) in [6.07, 6.45) is 0. The molecule has 3 N–H and O–H groups in total. The van der Waals surface area contributed by atoms with Crippen molar-refractivity contribution in [2.75, 3.05) is 7.11 Å². The molecule has 0 saturated carbocycles. The van der Waals surface area contributed by atoms with Crippen molar-refractivity contribution in [1.82, 2.24) is 5.43 Å². The molecule has 90 valence electrons. The van der Waals surface area contributed by atoms with E-state index in [2.05, 4.69) is 26.2 Å². The molecule has 0 aromatic heterocycles. The lowest BCUT2D eigenvalue weighted by Gasteiger charge is -2.30. The zero-order chi connectivity index (χ0) is 12.3. The van der Waals surface area contributed by atoms with Gasteiger partial charge < -0.3 is 4.74 Å². The maximum Gasteiger partial charge on any atom is 0.137 e. The lowest BCUT2D eigenvalue weighted by Crippen LogP contribution is -2.36. The Kier molecular flexibility index (Phi) is 4.19. The first-order chi connectivity index (χ1) is 7.40. The van der Waals surface area contributed by atoms with Crippen LogP contribution in [0.3, 0.4) is 0 Å². The second-order valence-electron chi connectivity index (χ2n) is 4.86. The maximum absolute atomic E-state index is 5.98. The van der Waals surface area contributed by atoms with Crippen molar-refractivity contribution in [1.29, 1.82) is 0 Å². The molecule has 0 radical (unpaired) electrons. The van der Waals surface area contributed by atoms with Crippen LogP contribution in [-0.4, -0.2) is 7.11 Å². The fourth-order valence-electron chi connectivity index (χ4n) is 1.70. The molecule has 0 aliphatic rings. The third kappa shape index (κ3) is 2.88. The second kappa shape index (κ2) is 5.04. The van der Waals surface area contributed by atoms with Crippen molar-refractivity contribution in [3.05, 3.63) is 28.8 Å². The summed E-state index contributed by atoms with van der Waals surface area (Å²) in [6, 6.07) is 5.75. The highest BCUT2D eigenvalue weighted by molar-refractivity contribution is 6.32. The van der Waals surface area contributed by atoms with Crippen molar-refractivity contribution in [2.45, 2.75) is 26.8 Å². The van der Waals surface area contributed by atoms with Crippen LogP contribution < -0.4 is 16.0 Å². The molecule has 0 amide bonds. The van der Waals surface area contributed by atoms with E-state index in [1.54, 1.807) is 7.11 Å². The van der Waals surface area contributed by atoms with Crippen LogP contribution >= 0.6 is 11.6 Å². The van der Waals surface area contributed by atoms with Gasteiger partial charge in [0.2, 0.25) is 0 Å². The lowest BCUT2D eigenvalue weighted by molar-refractivity contribution is 0.275. The average molecular weight is 243 g/mol. The molecule has 4 heteroatoms. The van der Waals surface area contributed by atoms with Gasteiger partial charge in [-0.3, -0.25) is 11.3 Å².